The summed E-state index contributed by atoms with van der Waals surface area (Å²) < 4.78 is 19.8. The van der Waals surface area contributed by atoms with Gasteiger partial charge in [0.1, 0.15) is 11.6 Å². The van der Waals surface area contributed by atoms with Crippen LogP contribution in [0.15, 0.2) is 53.0 Å². The first-order valence-corrected chi connectivity index (χ1v) is 8.26. The average Bonchev–Trinajstić information content (AvgIpc) is 2.60. The van der Waals surface area contributed by atoms with Gasteiger partial charge in [-0.15, -0.1) is 0 Å². The lowest BCUT2D eigenvalue weighted by atomic mass is 10.1. The van der Waals surface area contributed by atoms with Crippen LogP contribution in [0.4, 0.5) is 4.39 Å². The molecule has 0 radical (unpaired) electrons. The summed E-state index contributed by atoms with van der Waals surface area (Å²) in [5.74, 6) is -0.458. The van der Waals surface area contributed by atoms with E-state index in [0.717, 1.165) is 4.47 Å². The smallest absolute Gasteiger partial charge is 0.259 e. The molecule has 0 bridgehead atoms. The number of benzene rings is 2. The second kappa shape index (κ2) is 8.58. The van der Waals surface area contributed by atoms with Crippen LogP contribution in [0.2, 0.25) is 0 Å². The molecule has 0 unspecified atom stereocenters. The molecule has 25 heavy (non-hydrogen) atoms. The Bertz CT molecular complexity index is 818. The maximum absolute atomic E-state index is 13.7. The largest absolute Gasteiger partial charge is 0.484 e. The number of likely N-dealkylation sites (N-methyl/N-ethyl adjacent to an activating group) is 1. The molecule has 2 aromatic rings. The van der Waals surface area contributed by atoms with E-state index in [4.69, 9.17) is 4.74 Å². The van der Waals surface area contributed by atoms with Gasteiger partial charge in [-0.1, -0.05) is 28.1 Å². The zero-order chi connectivity index (χ0) is 18.4. The van der Waals surface area contributed by atoms with Crippen molar-refractivity contribution in [2.24, 2.45) is 0 Å². The zero-order valence-corrected chi connectivity index (χ0v) is 15.4. The van der Waals surface area contributed by atoms with Crippen LogP contribution in [0.1, 0.15) is 15.9 Å². The first-order valence-electron chi connectivity index (χ1n) is 7.47. The Hall–Kier alpha value is -2.47. The monoisotopic (exact) mass is 405 g/mol. The molecule has 4 nitrogen and oxygen atoms in total. The number of ketones is 1. The van der Waals surface area contributed by atoms with E-state index in [0.29, 0.717) is 16.9 Å². The summed E-state index contributed by atoms with van der Waals surface area (Å²) in [4.78, 5) is 25.2. The molecule has 0 spiro atoms. The van der Waals surface area contributed by atoms with Crippen LogP contribution in [-0.4, -0.2) is 37.3 Å². The van der Waals surface area contributed by atoms with E-state index in [1.165, 1.54) is 23.1 Å². The normalized spacial score (nSPS) is 10.7. The zero-order valence-electron chi connectivity index (χ0n) is 13.8. The number of halogens is 2. The fraction of sp³-hybridized carbons (Fsp3) is 0.158. The van der Waals surface area contributed by atoms with Crippen LogP contribution < -0.4 is 4.74 Å². The number of carbonyl (C=O) groups excluding carboxylic acids is 2. The second-order valence-electron chi connectivity index (χ2n) is 5.47. The maximum atomic E-state index is 13.7. The number of nitrogens with zero attached hydrogens (tertiary/aromatic N) is 1. The van der Waals surface area contributed by atoms with E-state index in [-0.39, 0.29) is 18.3 Å². The molecule has 0 saturated heterocycles. The molecule has 130 valence electrons. The molecule has 0 saturated carbocycles. The average molecular weight is 406 g/mol. The SMILES string of the molecule is CN(C)C(=O)COc1cccc(C(=O)/C=C/c2cc(Br)ccc2F)c1. The number of allylic oxidation sites excluding steroid dienone is 1. The summed E-state index contributed by atoms with van der Waals surface area (Å²) in [5.41, 5.74) is 0.702. The third kappa shape index (κ3) is 5.53. The number of ether oxygens (including phenoxy) is 1. The quantitative estimate of drug-likeness (QED) is 0.539. The Morgan fingerprint density at radius 2 is 1.96 bits per heavy atom. The summed E-state index contributed by atoms with van der Waals surface area (Å²) in [6, 6.07) is 11.0. The number of amides is 1. The number of rotatable bonds is 6. The molecule has 0 N–H and O–H groups in total. The predicted octanol–water partition coefficient (Wildman–Crippen LogP) is 3.95. The lowest BCUT2D eigenvalue weighted by Crippen LogP contribution is -2.27. The Balaban J connectivity index is 2.09. The topological polar surface area (TPSA) is 46.6 Å². The van der Waals surface area contributed by atoms with Gasteiger partial charge in [-0.3, -0.25) is 9.59 Å². The predicted molar refractivity (Wildman–Crippen MR) is 98.1 cm³/mol. The van der Waals surface area contributed by atoms with E-state index in [2.05, 4.69) is 15.9 Å². The van der Waals surface area contributed by atoms with Gasteiger partial charge < -0.3 is 9.64 Å². The first kappa shape index (κ1) is 18.9. The molecule has 0 heterocycles. The summed E-state index contributed by atoms with van der Waals surface area (Å²) in [5, 5.41) is 0. The highest BCUT2D eigenvalue weighted by molar-refractivity contribution is 9.10. The Morgan fingerprint density at radius 1 is 1.20 bits per heavy atom. The Morgan fingerprint density at radius 3 is 2.68 bits per heavy atom. The van der Waals surface area contributed by atoms with Gasteiger partial charge in [-0.05, 0) is 42.5 Å². The van der Waals surface area contributed by atoms with Crippen LogP contribution in [-0.2, 0) is 4.79 Å². The van der Waals surface area contributed by atoms with Crippen molar-refractivity contribution in [3.63, 3.8) is 0 Å². The number of hydrogen-bond donors (Lipinski definition) is 0. The maximum Gasteiger partial charge on any atom is 0.259 e. The van der Waals surface area contributed by atoms with Crippen molar-refractivity contribution >= 4 is 33.7 Å². The van der Waals surface area contributed by atoms with E-state index in [9.17, 15) is 14.0 Å². The van der Waals surface area contributed by atoms with Crippen molar-refractivity contribution in [1.82, 2.24) is 4.90 Å². The molecule has 0 fully saturated rings. The lowest BCUT2D eigenvalue weighted by Gasteiger charge is -2.11. The van der Waals surface area contributed by atoms with Gasteiger partial charge in [0.15, 0.2) is 12.4 Å². The molecular weight excluding hydrogens is 389 g/mol. The van der Waals surface area contributed by atoms with Crippen molar-refractivity contribution < 1.29 is 18.7 Å². The number of carbonyl (C=O) groups is 2. The van der Waals surface area contributed by atoms with Crippen molar-refractivity contribution in [3.8, 4) is 5.75 Å². The second-order valence-corrected chi connectivity index (χ2v) is 6.38. The van der Waals surface area contributed by atoms with Gasteiger partial charge in [0.25, 0.3) is 5.91 Å². The number of hydrogen-bond acceptors (Lipinski definition) is 3. The highest BCUT2D eigenvalue weighted by Crippen LogP contribution is 2.18. The highest BCUT2D eigenvalue weighted by atomic mass is 79.9. The van der Waals surface area contributed by atoms with Crippen LogP contribution in [0.25, 0.3) is 6.08 Å². The molecule has 2 aromatic carbocycles. The van der Waals surface area contributed by atoms with Gasteiger partial charge >= 0.3 is 0 Å². The molecule has 0 aliphatic heterocycles. The van der Waals surface area contributed by atoms with Gasteiger partial charge in [-0.25, -0.2) is 4.39 Å². The molecule has 6 heteroatoms. The Labute approximate surface area is 154 Å². The van der Waals surface area contributed by atoms with Crippen molar-refractivity contribution in [2.45, 2.75) is 0 Å². The van der Waals surface area contributed by atoms with E-state index < -0.39 is 5.82 Å². The summed E-state index contributed by atoms with van der Waals surface area (Å²) in [7, 11) is 3.27. The summed E-state index contributed by atoms with van der Waals surface area (Å²) >= 11 is 3.26. The summed E-state index contributed by atoms with van der Waals surface area (Å²) in [6.45, 7) is -0.107. The minimum atomic E-state index is -0.411. The Kier molecular flexibility index (Phi) is 6.47. The lowest BCUT2D eigenvalue weighted by molar-refractivity contribution is -0.130. The molecule has 0 aliphatic rings. The van der Waals surface area contributed by atoms with Gasteiger partial charge in [-0.2, -0.15) is 0 Å². The molecule has 0 aromatic heterocycles. The molecule has 0 aliphatic carbocycles. The minimum absolute atomic E-state index is 0.107. The highest BCUT2D eigenvalue weighted by Gasteiger charge is 2.08. The van der Waals surface area contributed by atoms with Gasteiger partial charge in [0.2, 0.25) is 0 Å². The fourth-order valence-corrected chi connectivity index (χ4v) is 2.30. The van der Waals surface area contributed by atoms with E-state index in [1.807, 2.05) is 0 Å². The van der Waals surface area contributed by atoms with Crippen molar-refractivity contribution in [3.05, 3.63) is 70.0 Å². The van der Waals surface area contributed by atoms with Crippen LogP contribution in [0, 0.1) is 5.82 Å². The third-order valence-electron chi connectivity index (χ3n) is 3.35. The van der Waals surface area contributed by atoms with Crippen LogP contribution in [0.3, 0.4) is 0 Å². The van der Waals surface area contributed by atoms with E-state index in [1.54, 1.807) is 50.5 Å². The van der Waals surface area contributed by atoms with Crippen molar-refractivity contribution in [2.75, 3.05) is 20.7 Å². The molecular formula is C19H17BrFNO3. The van der Waals surface area contributed by atoms with Crippen molar-refractivity contribution in [1.29, 1.82) is 0 Å². The molecule has 1 amide bonds. The standard InChI is InChI=1S/C19H17BrFNO3/c1-22(2)19(24)12-25-16-5-3-4-14(11-16)18(23)9-6-13-10-15(20)7-8-17(13)21/h3-11H,12H2,1-2H3/b9-6+. The molecule has 2 rings (SSSR count). The van der Waals surface area contributed by atoms with Crippen LogP contribution >= 0.6 is 15.9 Å². The van der Waals surface area contributed by atoms with Gasteiger partial charge in [0.05, 0.1) is 0 Å². The third-order valence-corrected chi connectivity index (χ3v) is 3.85. The van der Waals surface area contributed by atoms with Crippen LogP contribution in [0.5, 0.6) is 5.75 Å². The minimum Gasteiger partial charge on any atom is -0.484 e. The first-order chi connectivity index (χ1) is 11.9. The fourth-order valence-electron chi connectivity index (χ4n) is 1.92. The molecule has 0 atom stereocenters. The summed E-state index contributed by atoms with van der Waals surface area (Å²) in [6.07, 6.45) is 2.72. The van der Waals surface area contributed by atoms with E-state index >= 15 is 0 Å². The van der Waals surface area contributed by atoms with Gasteiger partial charge in [0, 0.05) is 29.7 Å².